The predicted molar refractivity (Wildman–Crippen MR) is 70.1 cm³/mol. The van der Waals surface area contributed by atoms with Crippen LogP contribution < -0.4 is 10.2 Å². The fraction of sp³-hybridized carbons (Fsp3) is 0.571. The van der Waals surface area contributed by atoms with Crippen molar-refractivity contribution in [3.8, 4) is 0 Å². The topological polar surface area (TPSA) is 15.3 Å². The second-order valence-electron chi connectivity index (χ2n) is 5.57. The van der Waals surface area contributed by atoms with Gasteiger partial charge < -0.3 is 10.2 Å². The van der Waals surface area contributed by atoms with Crippen LogP contribution in [0.2, 0.25) is 0 Å². The number of likely N-dealkylation sites (N-methyl/N-ethyl adjacent to an activating group) is 1. The van der Waals surface area contributed by atoms with Gasteiger partial charge in [-0.3, -0.25) is 0 Å². The number of rotatable bonds is 2. The minimum Gasteiger partial charge on any atom is -0.370 e. The standard InChI is InChI=1S/C14H22N2/c1-11-6-5-7-12(8-11)16(4)13-9-14(2,3)15-10-13/h5-8,13,15H,9-10H2,1-4H3. The van der Waals surface area contributed by atoms with Gasteiger partial charge in [0.15, 0.2) is 0 Å². The van der Waals surface area contributed by atoms with E-state index in [0.717, 1.165) is 6.54 Å². The third kappa shape index (κ3) is 2.38. The molecule has 1 N–H and O–H groups in total. The Balaban J connectivity index is 2.11. The summed E-state index contributed by atoms with van der Waals surface area (Å²) >= 11 is 0. The van der Waals surface area contributed by atoms with Gasteiger partial charge >= 0.3 is 0 Å². The number of nitrogens with one attached hydrogen (secondary N) is 1. The van der Waals surface area contributed by atoms with Gasteiger partial charge in [-0.25, -0.2) is 0 Å². The number of hydrogen-bond acceptors (Lipinski definition) is 2. The lowest BCUT2D eigenvalue weighted by molar-refractivity contribution is 0.454. The SMILES string of the molecule is Cc1cccc(N(C)C2CNC(C)(C)C2)c1. The van der Waals surface area contributed by atoms with Gasteiger partial charge in [0.25, 0.3) is 0 Å². The third-order valence-corrected chi connectivity index (χ3v) is 3.52. The Labute approximate surface area is 98.7 Å². The molecule has 1 unspecified atom stereocenters. The van der Waals surface area contributed by atoms with Crippen LogP contribution in [0.25, 0.3) is 0 Å². The zero-order valence-electron chi connectivity index (χ0n) is 10.7. The molecule has 1 aromatic carbocycles. The lowest BCUT2D eigenvalue weighted by Crippen LogP contribution is -2.33. The van der Waals surface area contributed by atoms with E-state index in [1.165, 1.54) is 17.7 Å². The first-order valence-corrected chi connectivity index (χ1v) is 6.02. The highest BCUT2D eigenvalue weighted by Gasteiger charge is 2.32. The minimum absolute atomic E-state index is 0.281. The van der Waals surface area contributed by atoms with Crippen LogP contribution in [0.15, 0.2) is 24.3 Å². The van der Waals surface area contributed by atoms with Gasteiger partial charge in [0.1, 0.15) is 0 Å². The Bertz CT molecular complexity index is 371. The van der Waals surface area contributed by atoms with Crippen molar-refractivity contribution in [3.63, 3.8) is 0 Å². The van der Waals surface area contributed by atoms with E-state index in [4.69, 9.17) is 0 Å². The second kappa shape index (κ2) is 4.10. The Morgan fingerprint density at radius 3 is 2.69 bits per heavy atom. The third-order valence-electron chi connectivity index (χ3n) is 3.52. The molecule has 1 aliphatic rings. The van der Waals surface area contributed by atoms with Crippen LogP contribution in [0.3, 0.4) is 0 Å². The first kappa shape index (κ1) is 11.5. The number of anilines is 1. The molecular weight excluding hydrogens is 196 g/mol. The molecule has 2 heteroatoms. The number of aryl methyl sites for hydroxylation is 1. The average molecular weight is 218 g/mol. The Morgan fingerprint density at radius 1 is 1.38 bits per heavy atom. The normalized spacial score (nSPS) is 23.4. The van der Waals surface area contributed by atoms with E-state index in [1.54, 1.807) is 0 Å². The molecule has 0 radical (unpaired) electrons. The van der Waals surface area contributed by atoms with Gasteiger partial charge in [0, 0.05) is 30.9 Å². The van der Waals surface area contributed by atoms with Crippen molar-refractivity contribution in [2.24, 2.45) is 0 Å². The highest BCUT2D eigenvalue weighted by molar-refractivity contribution is 5.49. The van der Waals surface area contributed by atoms with Crippen LogP contribution >= 0.6 is 0 Å². The summed E-state index contributed by atoms with van der Waals surface area (Å²) in [5, 5.41) is 3.57. The quantitative estimate of drug-likeness (QED) is 0.820. The van der Waals surface area contributed by atoms with Gasteiger partial charge in [-0.2, -0.15) is 0 Å². The van der Waals surface area contributed by atoms with Crippen LogP contribution in [0.5, 0.6) is 0 Å². The van der Waals surface area contributed by atoms with E-state index in [-0.39, 0.29) is 5.54 Å². The second-order valence-corrected chi connectivity index (χ2v) is 5.57. The fourth-order valence-corrected chi connectivity index (χ4v) is 2.46. The Kier molecular flexibility index (Phi) is 2.94. The summed E-state index contributed by atoms with van der Waals surface area (Å²) in [6.07, 6.45) is 1.21. The molecule has 0 aliphatic carbocycles. The molecule has 0 spiro atoms. The predicted octanol–water partition coefficient (Wildman–Crippen LogP) is 2.57. The zero-order valence-corrected chi connectivity index (χ0v) is 10.7. The summed E-state index contributed by atoms with van der Waals surface area (Å²) in [7, 11) is 2.20. The molecule has 88 valence electrons. The maximum atomic E-state index is 3.57. The maximum Gasteiger partial charge on any atom is 0.0428 e. The van der Waals surface area contributed by atoms with Crippen LogP contribution in [0, 0.1) is 6.92 Å². The minimum atomic E-state index is 0.281. The maximum absolute atomic E-state index is 3.57. The van der Waals surface area contributed by atoms with Crippen molar-refractivity contribution < 1.29 is 0 Å². The first-order valence-electron chi connectivity index (χ1n) is 6.02. The lowest BCUT2D eigenvalue weighted by atomic mass is 10.0. The highest BCUT2D eigenvalue weighted by Crippen LogP contribution is 2.25. The van der Waals surface area contributed by atoms with Crippen molar-refractivity contribution in [2.45, 2.75) is 38.8 Å². The van der Waals surface area contributed by atoms with E-state index in [0.29, 0.717) is 6.04 Å². The smallest absolute Gasteiger partial charge is 0.0428 e. The van der Waals surface area contributed by atoms with Crippen molar-refractivity contribution >= 4 is 5.69 Å². The molecule has 0 aromatic heterocycles. The molecule has 0 bridgehead atoms. The molecule has 1 saturated heterocycles. The molecule has 1 fully saturated rings. The van der Waals surface area contributed by atoms with Crippen molar-refractivity contribution in [1.82, 2.24) is 5.32 Å². The largest absolute Gasteiger partial charge is 0.370 e. The summed E-state index contributed by atoms with van der Waals surface area (Å²) in [5.74, 6) is 0. The molecule has 1 aliphatic heterocycles. The molecule has 1 aromatic rings. The van der Waals surface area contributed by atoms with Gasteiger partial charge in [-0.1, -0.05) is 12.1 Å². The van der Waals surface area contributed by atoms with E-state index in [2.05, 4.69) is 62.3 Å². The lowest BCUT2D eigenvalue weighted by Gasteiger charge is -2.27. The average Bonchev–Trinajstić information content (AvgIpc) is 2.58. The summed E-state index contributed by atoms with van der Waals surface area (Å²) in [4.78, 5) is 2.40. The molecule has 2 rings (SSSR count). The zero-order chi connectivity index (χ0) is 11.8. The molecule has 16 heavy (non-hydrogen) atoms. The summed E-state index contributed by atoms with van der Waals surface area (Å²) in [6.45, 7) is 7.78. The molecular formula is C14H22N2. The fourth-order valence-electron chi connectivity index (χ4n) is 2.46. The van der Waals surface area contributed by atoms with E-state index in [1.807, 2.05) is 0 Å². The van der Waals surface area contributed by atoms with E-state index in [9.17, 15) is 0 Å². The van der Waals surface area contributed by atoms with Crippen molar-refractivity contribution in [1.29, 1.82) is 0 Å². The number of benzene rings is 1. The molecule has 0 amide bonds. The van der Waals surface area contributed by atoms with Crippen LogP contribution in [-0.2, 0) is 0 Å². The van der Waals surface area contributed by atoms with Gasteiger partial charge in [0.05, 0.1) is 0 Å². The van der Waals surface area contributed by atoms with E-state index < -0.39 is 0 Å². The number of nitrogens with zero attached hydrogens (tertiary/aromatic N) is 1. The van der Waals surface area contributed by atoms with Gasteiger partial charge in [-0.05, 0) is 44.9 Å². The summed E-state index contributed by atoms with van der Waals surface area (Å²) < 4.78 is 0. The van der Waals surface area contributed by atoms with Crippen LogP contribution in [-0.4, -0.2) is 25.2 Å². The van der Waals surface area contributed by atoms with Crippen LogP contribution in [0.4, 0.5) is 5.69 Å². The molecule has 1 heterocycles. The Hall–Kier alpha value is -1.02. The van der Waals surface area contributed by atoms with Gasteiger partial charge in [-0.15, -0.1) is 0 Å². The highest BCUT2D eigenvalue weighted by atomic mass is 15.2. The molecule has 1 atom stereocenters. The monoisotopic (exact) mass is 218 g/mol. The van der Waals surface area contributed by atoms with Gasteiger partial charge in [0.2, 0.25) is 0 Å². The van der Waals surface area contributed by atoms with Crippen molar-refractivity contribution in [2.75, 3.05) is 18.5 Å². The van der Waals surface area contributed by atoms with Crippen molar-refractivity contribution in [3.05, 3.63) is 29.8 Å². The first-order chi connectivity index (χ1) is 7.48. The summed E-state index contributed by atoms with van der Waals surface area (Å²) in [5.41, 5.74) is 2.93. The van der Waals surface area contributed by atoms with Crippen LogP contribution in [0.1, 0.15) is 25.8 Å². The van der Waals surface area contributed by atoms with E-state index >= 15 is 0 Å². The summed E-state index contributed by atoms with van der Waals surface area (Å²) in [6, 6.07) is 9.34. The molecule has 0 saturated carbocycles. The number of hydrogen-bond donors (Lipinski definition) is 1. The molecule has 2 nitrogen and oxygen atoms in total. The Morgan fingerprint density at radius 2 is 2.12 bits per heavy atom.